The fraction of sp³-hybridized carbons (Fsp3) is 0.167. The molecule has 4 aromatic rings. The van der Waals surface area contributed by atoms with Crippen molar-refractivity contribution in [2.24, 2.45) is 0 Å². The highest BCUT2D eigenvalue weighted by Gasteiger charge is 2.30. The van der Waals surface area contributed by atoms with E-state index in [2.05, 4.69) is 25.8 Å². The van der Waals surface area contributed by atoms with E-state index in [0.717, 1.165) is 12.1 Å². The van der Waals surface area contributed by atoms with Crippen molar-refractivity contribution in [3.8, 4) is 17.0 Å². The van der Waals surface area contributed by atoms with Crippen molar-refractivity contribution in [1.82, 2.24) is 25.8 Å². The zero-order chi connectivity index (χ0) is 30.2. The first kappa shape index (κ1) is 30.0. The summed E-state index contributed by atoms with van der Waals surface area (Å²) in [6, 6.07) is 11.7. The van der Waals surface area contributed by atoms with Crippen LogP contribution in [0.25, 0.3) is 22.0 Å². The summed E-state index contributed by atoms with van der Waals surface area (Å²) >= 11 is 0. The molecule has 17 heteroatoms. The van der Waals surface area contributed by atoms with Gasteiger partial charge in [-0.3, -0.25) is 14.7 Å². The van der Waals surface area contributed by atoms with E-state index in [1.807, 2.05) is 47.1 Å². The number of hydrogen-bond acceptors (Lipinski definition) is 5. The highest BCUT2D eigenvalue weighted by atomic mass is 19.4. The molecule has 8 nitrogen and oxygen atoms in total. The number of aromatic amines is 1. The van der Waals surface area contributed by atoms with Gasteiger partial charge in [-0.1, -0.05) is 18.2 Å². The SMILES string of the molecule is BC(B)(B)NC(=O)c1n[nH]c2cc(-c3cnc(OC(B)(B)B)c(C(=O)NCc4cccc(C(F)(F)F)c4)c3)ccc12. The number of H-pyrrole nitrogens is 1. The molecule has 0 radical (unpaired) electrons. The lowest BCUT2D eigenvalue weighted by atomic mass is 9.49. The minimum atomic E-state index is -4.49. The van der Waals surface area contributed by atoms with Crippen molar-refractivity contribution in [2.45, 2.75) is 23.3 Å². The van der Waals surface area contributed by atoms with Crippen molar-refractivity contribution in [1.29, 1.82) is 0 Å². The molecule has 0 saturated heterocycles. The van der Waals surface area contributed by atoms with Gasteiger partial charge in [0.2, 0.25) is 5.88 Å². The summed E-state index contributed by atoms with van der Waals surface area (Å²) in [6.45, 7) is -0.124. The molecule has 2 amide bonds. The molecule has 2 aromatic heterocycles. The number of rotatable bonds is 8. The molecule has 2 heterocycles. The molecule has 0 aliphatic heterocycles. The van der Waals surface area contributed by atoms with E-state index in [1.165, 1.54) is 12.1 Å². The van der Waals surface area contributed by atoms with Gasteiger partial charge < -0.3 is 15.4 Å². The Bertz CT molecular complexity index is 1620. The molecule has 0 atom stereocenters. The van der Waals surface area contributed by atoms with Crippen LogP contribution in [0, 0.1) is 0 Å². The van der Waals surface area contributed by atoms with Gasteiger partial charge in [-0.05, 0) is 46.7 Å². The van der Waals surface area contributed by atoms with Gasteiger partial charge in [0.1, 0.15) is 52.6 Å². The lowest BCUT2D eigenvalue weighted by Crippen LogP contribution is -2.50. The molecule has 0 aliphatic rings. The summed E-state index contributed by atoms with van der Waals surface area (Å²) in [5.74, 6) is -0.770. The van der Waals surface area contributed by atoms with Gasteiger partial charge in [0.05, 0.1) is 11.1 Å². The Morgan fingerprint density at radius 1 is 0.927 bits per heavy atom. The van der Waals surface area contributed by atoms with Crippen LogP contribution in [-0.4, -0.2) is 84.6 Å². The van der Waals surface area contributed by atoms with Gasteiger partial charge >= 0.3 is 6.18 Å². The molecule has 0 bridgehead atoms. The fourth-order valence-electron chi connectivity index (χ4n) is 4.05. The van der Waals surface area contributed by atoms with E-state index in [1.54, 1.807) is 30.5 Å². The molecule has 0 unspecified atom stereocenters. The highest BCUT2D eigenvalue weighted by molar-refractivity contribution is 6.60. The predicted molar refractivity (Wildman–Crippen MR) is 167 cm³/mol. The zero-order valence-electron chi connectivity index (χ0n) is 23.7. The maximum atomic E-state index is 13.3. The van der Waals surface area contributed by atoms with E-state index in [9.17, 15) is 22.8 Å². The lowest BCUT2D eigenvalue weighted by Gasteiger charge is -2.23. The number of benzene rings is 2. The lowest BCUT2D eigenvalue weighted by molar-refractivity contribution is -0.137. The van der Waals surface area contributed by atoms with Crippen molar-refractivity contribution in [3.63, 3.8) is 0 Å². The summed E-state index contributed by atoms with van der Waals surface area (Å²) in [6.07, 6.45) is -2.92. The van der Waals surface area contributed by atoms with Crippen LogP contribution in [0.1, 0.15) is 32.0 Å². The maximum Gasteiger partial charge on any atom is 0.416 e. The number of ether oxygens (including phenoxy) is 1. The number of carbonyl (C=O) groups is 2. The average molecular weight is 554 g/mol. The van der Waals surface area contributed by atoms with Crippen LogP contribution in [0.4, 0.5) is 13.2 Å². The van der Waals surface area contributed by atoms with Gasteiger partial charge in [-0.2, -0.15) is 18.3 Å². The number of amides is 2. The molecular formula is C24H26B6F3N5O3. The second-order valence-electron chi connectivity index (χ2n) is 11.7. The summed E-state index contributed by atoms with van der Waals surface area (Å²) in [4.78, 5) is 30.4. The van der Waals surface area contributed by atoms with Gasteiger partial charge in [0.25, 0.3) is 11.8 Å². The fourth-order valence-corrected chi connectivity index (χ4v) is 4.05. The summed E-state index contributed by atoms with van der Waals surface area (Å²) < 4.78 is 45.3. The van der Waals surface area contributed by atoms with E-state index in [-0.39, 0.29) is 29.6 Å². The van der Waals surface area contributed by atoms with Crippen LogP contribution >= 0.6 is 0 Å². The molecule has 2 aromatic carbocycles. The number of alkyl halides is 3. The van der Waals surface area contributed by atoms with Crippen LogP contribution in [0.2, 0.25) is 0 Å². The van der Waals surface area contributed by atoms with E-state index >= 15 is 0 Å². The molecule has 3 N–H and O–H groups in total. The zero-order valence-corrected chi connectivity index (χ0v) is 23.7. The first-order valence-corrected chi connectivity index (χ1v) is 12.9. The van der Waals surface area contributed by atoms with Gasteiger partial charge in [-0.25, -0.2) is 4.98 Å². The minimum Gasteiger partial charge on any atom is -0.498 e. The molecule has 204 valence electrons. The third-order valence-electron chi connectivity index (χ3n) is 5.81. The number of carbonyl (C=O) groups excluding carboxylic acids is 2. The summed E-state index contributed by atoms with van der Waals surface area (Å²) in [5.41, 5.74) is 1.80. The second kappa shape index (κ2) is 11.1. The number of hydrogen-bond donors (Lipinski definition) is 3. The smallest absolute Gasteiger partial charge is 0.416 e. The number of nitrogens with zero attached hydrogens (tertiary/aromatic N) is 2. The number of fused-ring (bicyclic) bond motifs is 1. The Balaban J connectivity index is 1.64. The number of aromatic nitrogens is 3. The highest BCUT2D eigenvalue weighted by Crippen LogP contribution is 2.30. The topological polar surface area (TPSA) is 109 Å². The summed E-state index contributed by atoms with van der Waals surface area (Å²) in [7, 11) is 11.1. The third-order valence-corrected chi connectivity index (χ3v) is 5.81. The quantitative estimate of drug-likeness (QED) is 0.213. The van der Waals surface area contributed by atoms with Crippen molar-refractivity contribution in [3.05, 3.63) is 77.1 Å². The van der Waals surface area contributed by atoms with Crippen LogP contribution in [0.5, 0.6) is 5.88 Å². The molecule has 4 rings (SSSR count). The monoisotopic (exact) mass is 555 g/mol. The molecular weight excluding hydrogens is 528 g/mol. The van der Waals surface area contributed by atoms with Crippen LogP contribution in [0.3, 0.4) is 0 Å². The Hall–Kier alpha value is -4.02. The van der Waals surface area contributed by atoms with Crippen LogP contribution in [0.15, 0.2) is 54.7 Å². The summed E-state index contributed by atoms with van der Waals surface area (Å²) in [5, 5.41) is 12.2. The minimum absolute atomic E-state index is 0.0894. The average Bonchev–Trinajstić information content (AvgIpc) is 3.29. The first-order chi connectivity index (χ1) is 19.0. The number of halogens is 3. The normalized spacial score (nSPS) is 12.2. The Morgan fingerprint density at radius 2 is 1.66 bits per heavy atom. The predicted octanol–water partition coefficient (Wildman–Crippen LogP) is -2.30. The van der Waals surface area contributed by atoms with Crippen LogP contribution < -0.4 is 15.4 Å². The largest absolute Gasteiger partial charge is 0.498 e. The Labute approximate surface area is 240 Å². The van der Waals surface area contributed by atoms with Crippen molar-refractivity contribution < 1.29 is 27.5 Å². The molecule has 0 aliphatic carbocycles. The Morgan fingerprint density at radius 3 is 2.32 bits per heavy atom. The van der Waals surface area contributed by atoms with Gasteiger partial charge in [0.15, 0.2) is 5.69 Å². The van der Waals surface area contributed by atoms with E-state index in [4.69, 9.17) is 4.74 Å². The van der Waals surface area contributed by atoms with Gasteiger partial charge in [0, 0.05) is 29.0 Å². The molecule has 0 fully saturated rings. The standard InChI is InChI=1S/C24H26B6F3N5O3/c25-23(26,27)36-20(40)18-15-5-4-12(8-17(15)37-38-18)13-7-16(21(35-10-13)41-24(28,29)30)19(39)34-9-11-2-1-3-14(6-11)22(31,32)33/h1-8,10H,9,25-30H2,(H,34,39)(H,36,40)(H,37,38). The molecule has 0 spiro atoms. The first-order valence-electron chi connectivity index (χ1n) is 12.9. The van der Waals surface area contributed by atoms with Crippen molar-refractivity contribution in [2.75, 3.05) is 0 Å². The van der Waals surface area contributed by atoms with E-state index < -0.39 is 28.2 Å². The number of nitrogens with one attached hydrogen (secondary N) is 3. The van der Waals surface area contributed by atoms with Gasteiger partial charge in [-0.15, -0.1) is 0 Å². The third kappa shape index (κ3) is 7.59. The number of pyridine rings is 1. The second-order valence-corrected chi connectivity index (χ2v) is 11.7. The molecule has 41 heavy (non-hydrogen) atoms. The maximum absolute atomic E-state index is 13.3. The molecule has 0 saturated carbocycles. The van der Waals surface area contributed by atoms with E-state index in [0.29, 0.717) is 27.6 Å². The Kier molecular flexibility index (Phi) is 8.11. The van der Waals surface area contributed by atoms with Crippen LogP contribution in [-0.2, 0) is 12.7 Å². The van der Waals surface area contributed by atoms with Crippen molar-refractivity contribution >= 4 is 69.8 Å².